The van der Waals surface area contributed by atoms with Crippen molar-refractivity contribution in [3.05, 3.63) is 81.4 Å². The molecule has 0 spiro atoms. The van der Waals surface area contributed by atoms with Crippen LogP contribution in [0.4, 0.5) is 13.2 Å². The van der Waals surface area contributed by atoms with Crippen molar-refractivity contribution in [2.45, 2.75) is 12.6 Å². The van der Waals surface area contributed by atoms with Gasteiger partial charge in [0.2, 0.25) is 0 Å². The number of rotatable bonds is 2. The molecule has 1 aliphatic heterocycles. The molecule has 0 fully saturated rings. The molecule has 1 heterocycles. The first-order chi connectivity index (χ1) is 12.3. The first kappa shape index (κ1) is 18.7. The van der Waals surface area contributed by atoms with Crippen molar-refractivity contribution in [3.63, 3.8) is 0 Å². The minimum absolute atomic E-state index is 0.120. The van der Waals surface area contributed by atoms with E-state index in [9.17, 15) is 13.2 Å². The Kier molecular flexibility index (Phi) is 5.26. The van der Waals surface area contributed by atoms with E-state index in [0.717, 1.165) is 11.6 Å². The normalized spacial score (nSPS) is 15.0. The molecule has 134 valence electrons. The molecular weight excluding hydrogens is 382 g/mol. The molecule has 0 atom stereocenters. The number of hydrogen-bond donors (Lipinski definition) is 0. The largest absolute Gasteiger partial charge is 0.417 e. The van der Waals surface area contributed by atoms with E-state index >= 15 is 0 Å². The summed E-state index contributed by atoms with van der Waals surface area (Å²) in [6.45, 7) is 4.21. The Morgan fingerprint density at radius 1 is 1.04 bits per heavy atom. The van der Waals surface area contributed by atoms with Crippen LogP contribution in [0, 0.1) is 0 Å². The van der Waals surface area contributed by atoms with Gasteiger partial charge in [0.15, 0.2) is 0 Å². The minimum atomic E-state index is -4.45. The van der Waals surface area contributed by atoms with Gasteiger partial charge in [0.25, 0.3) is 0 Å². The van der Waals surface area contributed by atoms with E-state index in [4.69, 9.17) is 23.2 Å². The van der Waals surface area contributed by atoms with E-state index in [1.54, 1.807) is 36.4 Å². The van der Waals surface area contributed by atoms with Crippen molar-refractivity contribution >= 4 is 40.6 Å². The molecule has 3 rings (SSSR count). The van der Waals surface area contributed by atoms with Crippen LogP contribution in [0.1, 0.15) is 28.7 Å². The average molecular weight is 396 g/mol. The maximum absolute atomic E-state index is 13.4. The van der Waals surface area contributed by atoms with Gasteiger partial charge >= 0.3 is 6.18 Å². The van der Waals surface area contributed by atoms with Crippen LogP contribution in [0.5, 0.6) is 0 Å². The topological polar surface area (TPSA) is 12.4 Å². The lowest BCUT2D eigenvalue weighted by molar-refractivity contribution is -0.137. The molecule has 1 aliphatic rings. The van der Waals surface area contributed by atoms with E-state index in [0.29, 0.717) is 39.9 Å². The second kappa shape index (κ2) is 7.29. The fraction of sp³-hybridized carbons (Fsp3) is 0.150. The lowest BCUT2D eigenvalue weighted by Crippen LogP contribution is -2.12. The third-order valence-electron chi connectivity index (χ3n) is 4.07. The maximum atomic E-state index is 13.4. The van der Waals surface area contributed by atoms with Crippen molar-refractivity contribution in [2.24, 2.45) is 4.99 Å². The highest BCUT2D eigenvalue weighted by Gasteiger charge is 2.35. The molecule has 2 aromatic carbocycles. The van der Waals surface area contributed by atoms with Crippen LogP contribution in [0.25, 0.3) is 11.6 Å². The van der Waals surface area contributed by atoms with Gasteiger partial charge in [0, 0.05) is 12.1 Å². The Morgan fingerprint density at radius 2 is 1.81 bits per heavy atom. The molecule has 0 saturated carbocycles. The van der Waals surface area contributed by atoms with Crippen LogP contribution >= 0.6 is 23.2 Å². The van der Waals surface area contributed by atoms with E-state index in [1.807, 2.05) is 0 Å². The van der Waals surface area contributed by atoms with Gasteiger partial charge in [0.1, 0.15) is 0 Å². The highest BCUT2D eigenvalue weighted by molar-refractivity contribution is 6.42. The van der Waals surface area contributed by atoms with Gasteiger partial charge in [-0.25, -0.2) is 0 Å². The fourth-order valence-corrected chi connectivity index (χ4v) is 3.14. The Balaban J connectivity index is 2.06. The Labute approximate surface area is 159 Å². The highest BCUT2D eigenvalue weighted by atomic mass is 35.5. The first-order valence-electron chi connectivity index (χ1n) is 7.83. The summed E-state index contributed by atoms with van der Waals surface area (Å²) in [5.41, 5.74) is 1.57. The van der Waals surface area contributed by atoms with E-state index < -0.39 is 11.7 Å². The van der Waals surface area contributed by atoms with Crippen LogP contribution in [0.3, 0.4) is 0 Å². The van der Waals surface area contributed by atoms with Crippen LogP contribution < -0.4 is 0 Å². The lowest BCUT2D eigenvalue weighted by atomic mass is 9.91. The quantitative estimate of drug-likeness (QED) is 0.522. The SMILES string of the molecule is C=C1CCN=C(/C=C/c2ccc(Cl)c(Cl)c2)c2cccc(C(F)(F)F)c21. The van der Waals surface area contributed by atoms with Gasteiger partial charge in [-0.1, -0.05) is 54.1 Å². The van der Waals surface area contributed by atoms with Gasteiger partial charge in [-0.2, -0.15) is 13.2 Å². The second-order valence-electron chi connectivity index (χ2n) is 5.85. The third-order valence-corrected chi connectivity index (χ3v) is 4.81. The molecule has 6 heteroatoms. The molecule has 2 aromatic rings. The van der Waals surface area contributed by atoms with Gasteiger partial charge in [-0.3, -0.25) is 4.99 Å². The van der Waals surface area contributed by atoms with E-state index in [-0.39, 0.29) is 5.56 Å². The molecule has 0 N–H and O–H groups in total. The molecule has 0 unspecified atom stereocenters. The minimum Gasteiger partial charge on any atom is -0.284 e. The van der Waals surface area contributed by atoms with Crippen LogP contribution in [-0.2, 0) is 6.18 Å². The third kappa shape index (κ3) is 3.87. The van der Waals surface area contributed by atoms with Crippen molar-refractivity contribution in [1.82, 2.24) is 0 Å². The Bertz CT molecular complexity index is 927. The zero-order valence-electron chi connectivity index (χ0n) is 13.6. The predicted octanol–water partition coefficient (Wildman–Crippen LogP) is 6.93. The summed E-state index contributed by atoms with van der Waals surface area (Å²) in [7, 11) is 0. The number of aliphatic imine (C=N–C) groups is 1. The van der Waals surface area contributed by atoms with Gasteiger partial charge < -0.3 is 0 Å². The standard InChI is InChI=1S/C20H14Cl2F3N/c1-12-9-10-26-18(8-6-13-5-7-16(21)17(22)11-13)14-3-2-4-15(19(12)14)20(23,24)25/h2-8,11H,1,9-10H2/b8-6+. The van der Waals surface area contributed by atoms with Gasteiger partial charge in [0.05, 0.1) is 21.3 Å². The molecule has 26 heavy (non-hydrogen) atoms. The van der Waals surface area contributed by atoms with Crippen molar-refractivity contribution in [2.75, 3.05) is 6.54 Å². The average Bonchev–Trinajstić information content (AvgIpc) is 2.74. The van der Waals surface area contributed by atoms with Crippen molar-refractivity contribution in [3.8, 4) is 0 Å². The number of alkyl halides is 3. The summed E-state index contributed by atoms with van der Waals surface area (Å²) < 4.78 is 40.2. The van der Waals surface area contributed by atoms with E-state index in [2.05, 4.69) is 11.6 Å². The molecule has 0 radical (unpaired) electrons. The maximum Gasteiger partial charge on any atom is 0.417 e. The summed E-state index contributed by atoms with van der Waals surface area (Å²) in [5, 5.41) is 0.844. The summed E-state index contributed by atoms with van der Waals surface area (Å²) in [6.07, 6.45) is -0.627. The van der Waals surface area contributed by atoms with Gasteiger partial charge in [-0.15, -0.1) is 0 Å². The summed E-state index contributed by atoms with van der Waals surface area (Å²) in [6, 6.07) is 9.23. The van der Waals surface area contributed by atoms with Crippen molar-refractivity contribution < 1.29 is 13.2 Å². The van der Waals surface area contributed by atoms with E-state index in [1.165, 1.54) is 6.07 Å². The van der Waals surface area contributed by atoms with Crippen LogP contribution in [0.2, 0.25) is 10.0 Å². The molecule has 0 bridgehead atoms. The van der Waals surface area contributed by atoms with Gasteiger partial charge in [-0.05, 0) is 47.4 Å². The number of fused-ring (bicyclic) bond motifs is 1. The van der Waals surface area contributed by atoms with Crippen LogP contribution in [-0.4, -0.2) is 12.3 Å². The van der Waals surface area contributed by atoms with Crippen molar-refractivity contribution in [1.29, 1.82) is 0 Å². The fourth-order valence-electron chi connectivity index (χ4n) is 2.84. The number of allylic oxidation sites excluding steroid dienone is 1. The summed E-state index contributed by atoms with van der Waals surface area (Å²) in [5.74, 6) is 0. The Morgan fingerprint density at radius 3 is 2.50 bits per heavy atom. The molecule has 0 aromatic heterocycles. The predicted molar refractivity (Wildman–Crippen MR) is 102 cm³/mol. The zero-order chi connectivity index (χ0) is 18.9. The molecule has 0 amide bonds. The van der Waals surface area contributed by atoms with Crippen LogP contribution in [0.15, 0.2) is 54.0 Å². The number of halogens is 5. The number of hydrogen-bond acceptors (Lipinski definition) is 1. The summed E-state index contributed by atoms with van der Waals surface area (Å²) >= 11 is 11.9. The first-order valence-corrected chi connectivity index (χ1v) is 8.59. The Hall–Kier alpha value is -2.04. The number of nitrogens with zero attached hydrogens (tertiary/aromatic N) is 1. The zero-order valence-corrected chi connectivity index (χ0v) is 15.1. The second-order valence-corrected chi connectivity index (χ2v) is 6.67. The molecule has 0 saturated heterocycles. The lowest BCUT2D eigenvalue weighted by Gasteiger charge is -2.16. The monoisotopic (exact) mass is 395 g/mol. The molecular formula is C20H14Cl2F3N. The highest BCUT2D eigenvalue weighted by Crippen LogP contribution is 2.38. The smallest absolute Gasteiger partial charge is 0.284 e. The molecule has 0 aliphatic carbocycles. The molecule has 1 nitrogen and oxygen atoms in total. The number of benzene rings is 2. The summed E-state index contributed by atoms with van der Waals surface area (Å²) in [4.78, 5) is 4.44.